The van der Waals surface area contributed by atoms with Gasteiger partial charge in [-0.2, -0.15) is 0 Å². The van der Waals surface area contributed by atoms with E-state index >= 15 is 0 Å². The Morgan fingerprint density at radius 3 is 2.75 bits per heavy atom. The number of aromatic hydroxyl groups is 1. The minimum atomic E-state index is -0.255. The third-order valence-electron chi connectivity index (χ3n) is 1.58. The van der Waals surface area contributed by atoms with Gasteiger partial charge in [-0.3, -0.25) is 4.79 Å². The minimum Gasteiger partial charge on any atom is -0.507 e. The van der Waals surface area contributed by atoms with E-state index in [2.05, 4.69) is 0 Å². The van der Waals surface area contributed by atoms with Crippen LogP contribution in [0.1, 0.15) is 15.9 Å². The summed E-state index contributed by atoms with van der Waals surface area (Å²) in [5.41, 5.74) is 1.20. The molecule has 0 unspecified atom stereocenters. The lowest BCUT2D eigenvalue weighted by Crippen LogP contribution is -2.00. The molecule has 0 aliphatic heterocycles. The van der Waals surface area contributed by atoms with E-state index in [1.807, 2.05) is 6.92 Å². The summed E-state index contributed by atoms with van der Waals surface area (Å²) in [5.74, 6) is -0.355. The molecule has 0 bridgehead atoms. The quantitative estimate of drug-likeness (QED) is 0.565. The molecular formula is C9H9ClO2. The zero-order chi connectivity index (χ0) is 9.14. The standard InChI is InChI=1S/C9H9ClO2/c1-6-2-3-7(8(11)4-6)9(12)5-10/h2-4,11H,5H2,1H3. The minimum absolute atomic E-state index is 0.000602. The first kappa shape index (κ1) is 9.07. The number of phenols is 1. The predicted molar refractivity (Wildman–Crippen MR) is 47.9 cm³/mol. The van der Waals surface area contributed by atoms with Gasteiger partial charge >= 0.3 is 0 Å². The molecule has 1 aromatic carbocycles. The average molecular weight is 185 g/mol. The molecule has 0 spiro atoms. The van der Waals surface area contributed by atoms with E-state index in [4.69, 9.17) is 11.6 Å². The number of alkyl halides is 1. The van der Waals surface area contributed by atoms with Crippen LogP contribution in [0.4, 0.5) is 0 Å². The van der Waals surface area contributed by atoms with Gasteiger partial charge in [0.2, 0.25) is 0 Å². The number of halogens is 1. The van der Waals surface area contributed by atoms with E-state index in [9.17, 15) is 9.90 Å². The number of phenolic OH excluding ortho intramolecular Hbond substituents is 1. The number of aryl methyl sites for hydroxylation is 1. The molecular weight excluding hydrogens is 176 g/mol. The first-order valence-corrected chi connectivity index (χ1v) is 4.07. The molecule has 0 amide bonds. The van der Waals surface area contributed by atoms with Crippen molar-refractivity contribution in [2.75, 3.05) is 5.88 Å². The lowest BCUT2D eigenvalue weighted by molar-refractivity contribution is 0.101. The van der Waals surface area contributed by atoms with Crippen molar-refractivity contribution in [3.63, 3.8) is 0 Å². The van der Waals surface area contributed by atoms with Crippen LogP contribution in [-0.4, -0.2) is 16.8 Å². The molecule has 2 nitrogen and oxygen atoms in total. The summed E-state index contributed by atoms with van der Waals surface area (Å²) in [4.78, 5) is 11.1. The van der Waals surface area contributed by atoms with Gasteiger partial charge in [0.05, 0.1) is 11.4 Å². The number of ketones is 1. The molecule has 0 saturated heterocycles. The van der Waals surface area contributed by atoms with Crippen molar-refractivity contribution in [2.24, 2.45) is 0 Å². The van der Waals surface area contributed by atoms with Crippen molar-refractivity contribution in [1.82, 2.24) is 0 Å². The maximum absolute atomic E-state index is 11.1. The van der Waals surface area contributed by atoms with E-state index in [1.54, 1.807) is 18.2 Å². The molecule has 0 fully saturated rings. The summed E-state index contributed by atoms with van der Waals surface area (Å²) in [6.07, 6.45) is 0. The third-order valence-corrected chi connectivity index (χ3v) is 1.82. The summed E-state index contributed by atoms with van der Waals surface area (Å²) in [7, 11) is 0. The fraction of sp³-hybridized carbons (Fsp3) is 0.222. The second-order valence-electron chi connectivity index (χ2n) is 2.58. The van der Waals surface area contributed by atoms with Crippen LogP contribution in [-0.2, 0) is 0 Å². The van der Waals surface area contributed by atoms with Crippen LogP contribution in [0.25, 0.3) is 0 Å². The topological polar surface area (TPSA) is 37.3 Å². The average Bonchev–Trinajstić information content (AvgIpc) is 2.03. The van der Waals surface area contributed by atoms with Crippen molar-refractivity contribution in [3.05, 3.63) is 29.3 Å². The monoisotopic (exact) mass is 184 g/mol. The molecule has 0 aliphatic carbocycles. The molecule has 0 aromatic heterocycles. The fourth-order valence-electron chi connectivity index (χ4n) is 0.949. The van der Waals surface area contributed by atoms with Gasteiger partial charge < -0.3 is 5.11 Å². The Balaban J connectivity index is 3.09. The third kappa shape index (κ3) is 1.77. The molecule has 0 radical (unpaired) electrons. The van der Waals surface area contributed by atoms with Gasteiger partial charge in [0, 0.05) is 0 Å². The summed E-state index contributed by atoms with van der Waals surface area (Å²) in [6, 6.07) is 4.88. The summed E-state index contributed by atoms with van der Waals surface area (Å²) >= 11 is 5.34. The van der Waals surface area contributed by atoms with E-state index in [-0.39, 0.29) is 23.0 Å². The number of hydrogen-bond donors (Lipinski definition) is 1. The Bertz CT molecular complexity index is 307. The molecule has 1 N–H and O–H groups in total. The van der Waals surface area contributed by atoms with Gasteiger partial charge in [0.1, 0.15) is 5.75 Å². The Morgan fingerprint density at radius 2 is 2.25 bits per heavy atom. The molecule has 0 atom stereocenters. The number of rotatable bonds is 2. The second kappa shape index (κ2) is 3.59. The first-order chi connectivity index (χ1) is 5.65. The highest BCUT2D eigenvalue weighted by Crippen LogP contribution is 2.18. The summed E-state index contributed by atoms with van der Waals surface area (Å²) < 4.78 is 0. The molecule has 1 rings (SSSR count). The molecule has 3 heteroatoms. The number of Topliss-reactive ketones (excluding diaryl/α,β-unsaturated/α-hetero) is 1. The van der Waals surface area contributed by atoms with Crippen molar-refractivity contribution in [1.29, 1.82) is 0 Å². The van der Waals surface area contributed by atoms with Crippen LogP contribution in [0.5, 0.6) is 5.75 Å². The Kier molecular flexibility index (Phi) is 2.71. The van der Waals surface area contributed by atoms with Gasteiger partial charge in [-0.25, -0.2) is 0 Å². The normalized spacial score (nSPS) is 9.83. The van der Waals surface area contributed by atoms with Gasteiger partial charge in [-0.15, -0.1) is 11.6 Å². The second-order valence-corrected chi connectivity index (χ2v) is 2.84. The van der Waals surface area contributed by atoms with E-state index in [0.29, 0.717) is 0 Å². The lowest BCUT2D eigenvalue weighted by Gasteiger charge is -2.01. The van der Waals surface area contributed by atoms with E-state index in [0.717, 1.165) is 5.56 Å². The fourth-order valence-corrected chi connectivity index (χ4v) is 1.09. The van der Waals surface area contributed by atoms with Gasteiger partial charge in [-0.05, 0) is 24.6 Å². The van der Waals surface area contributed by atoms with Crippen molar-refractivity contribution < 1.29 is 9.90 Å². The van der Waals surface area contributed by atoms with E-state index < -0.39 is 0 Å². The van der Waals surface area contributed by atoms with Crippen LogP contribution in [0.15, 0.2) is 18.2 Å². The number of carbonyl (C=O) groups is 1. The van der Waals surface area contributed by atoms with Crippen LogP contribution in [0.2, 0.25) is 0 Å². The van der Waals surface area contributed by atoms with Gasteiger partial charge in [0.25, 0.3) is 0 Å². The Morgan fingerprint density at radius 1 is 1.58 bits per heavy atom. The maximum atomic E-state index is 11.1. The zero-order valence-corrected chi connectivity index (χ0v) is 7.43. The van der Waals surface area contributed by atoms with E-state index in [1.165, 1.54) is 0 Å². The number of benzene rings is 1. The number of carbonyl (C=O) groups excluding carboxylic acids is 1. The maximum Gasteiger partial charge on any atom is 0.181 e. The van der Waals surface area contributed by atoms with Crippen LogP contribution in [0.3, 0.4) is 0 Å². The predicted octanol–water partition coefficient (Wildman–Crippen LogP) is 2.12. The Hall–Kier alpha value is -1.02. The largest absolute Gasteiger partial charge is 0.507 e. The SMILES string of the molecule is Cc1ccc(C(=O)CCl)c(O)c1. The highest BCUT2D eigenvalue weighted by molar-refractivity contribution is 6.30. The smallest absolute Gasteiger partial charge is 0.181 e. The molecule has 1 aromatic rings. The molecule has 0 aliphatic rings. The summed E-state index contributed by atoms with van der Waals surface area (Å²) in [5, 5.41) is 9.31. The highest BCUT2D eigenvalue weighted by atomic mass is 35.5. The number of hydrogen-bond acceptors (Lipinski definition) is 2. The van der Waals surface area contributed by atoms with Crippen molar-refractivity contribution in [2.45, 2.75) is 6.92 Å². The van der Waals surface area contributed by atoms with Gasteiger partial charge in [-0.1, -0.05) is 6.07 Å². The Labute approximate surface area is 75.8 Å². The first-order valence-electron chi connectivity index (χ1n) is 3.54. The van der Waals surface area contributed by atoms with Crippen molar-refractivity contribution in [3.8, 4) is 5.75 Å². The van der Waals surface area contributed by atoms with Crippen LogP contribution < -0.4 is 0 Å². The van der Waals surface area contributed by atoms with Gasteiger partial charge in [0.15, 0.2) is 5.78 Å². The van der Waals surface area contributed by atoms with Crippen LogP contribution >= 0.6 is 11.6 Å². The molecule has 12 heavy (non-hydrogen) atoms. The van der Waals surface area contributed by atoms with Crippen LogP contribution in [0, 0.1) is 6.92 Å². The lowest BCUT2D eigenvalue weighted by atomic mass is 10.1. The summed E-state index contributed by atoms with van der Waals surface area (Å²) in [6.45, 7) is 1.84. The zero-order valence-electron chi connectivity index (χ0n) is 6.67. The van der Waals surface area contributed by atoms with Crippen molar-refractivity contribution >= 4 is 17.4 Å². The molecule has 64 valence electrons. The molecule has 0 heterocycles. The molecule has 0 saturated carbocycles. The highest BCUT2D eigenvalue weighted by Gasteiger charge is 2.08.